The molecule has 40 nitrogen and oxygen atoms in total. The van der Waals surface area contributed by atoms with Crippen LogP contribution in [-0.4, -0.2) is 269 Å². The van der Waals surface area contributed by atoms with Gasteiger partial charge in [0.25, 0.3) is 29.5 Å². The summed E-state index contributed by atoms with van der Waals surface area (Å²) < 4.78 is 66.7. The molecule has 1 aromatic carbocycles. The molecule has 0 saturated carbocycles. The first kappa shape index (κ1) is 88.0. The highest BCUT2D eigenvalue weighted by Crippen LogP contribution is 2.43. The number of nitrogens with zero attached hydrogens (tertiary/aromatic N) is 8. The van der Waals surface area contributed by atoms with E-state index in [1.165, 1.54) is 60.0 Å². The molecule has 12 N–H and O–H groups in total. The van der Waals surface area contributed by atoms with Crippen LogP contribution in [0.2, 0.25) is 0 Å². The first-order valence-electron chi connectivity index (χ1n) is 36.9. The summed E-state index contributed by atoms with van der Waals surface area (Å²) in [5.41, 5.74) is 1.49. The summed E-state index contributed by atoms with van der Waals surface area (Å²) in [5.74, 6) is -8.62. The quantitative estimate of drug-likeness (QED) is 0.0153. The maximum Gasteiger partial charge on any atom is 0.432 e. The summed E-state index contributed by atoms with van der Waals surface area (Å²) in [5, 5.41) is 66.9. The predicted octanol–water partition coefficient (Wildman–Crippen LogP) is 2.87. The number of aliphatic hydroxyl groups is 3. The third-order valence-electron chi connectivity index (χ3n) is 18.7. The maximum absolute atomic E-state index is 15.8. The number of pyridine rings is 1. The Hall–Kier alpha value is -10.3. The molecule has 0 spiro atoms. The number of ether oxygens (including phenoxy) is 11. The highest BCUT2D eigenvalue weighted by molar-refractivity contribution is 7.14. The number of carbonyl (C=O) groups excluding carboxylic acids is 9. The number of carbonyl (C=O) groups is 9. The number of cyclic esters (lactones) is 2. The highest BCUT2D eigenvalue weighted by Gasteiger charge is 2.50. The number of nitrogens with two attached hydrogens (primary N) is 1. The monoisotopic (exact) mass is 1740 g/mol. The molecule has 10 atom stereocenters. The van der Waals surface area contributed by atoms with Gasteiger partial charge in [0.15, 0.2) is 18.1 Å². The number of aromatic hydroxyl groups is 1. The summed E-state index contributed by atoms with van der Waals surface area (Å²) in [4.78, 5) is 167. The Morgan fingerprint density at radius 3 is 2.07 bits per heavy atom. The Labute approximate surface area is 697 Å². The van der Waals surface area contributed by atoms with Crippen LogP contribution in [0.4, 0.5) is 4.79 Å². The Kier molecular flexibility index (Phi) is 29.4. The number of primary amides is 1. The van der Waals surface area contributed by atoms with Gasteiger partial charge in [-0.1, -0.05) is 18.7 Å². The second-order valence-corrected chi connectivity index (χ2v) is 31.8. The van der Waals surface area contributed by atoms with Crippen LogP contribution in [0.15, 0.2) is 69.2 Å². The fourth-order valence-electron chi connectivity index (χ4n) is 13.2. The van der Waals surface area contributed by atoms with E-state index in [2.05, 4.69) is 53.4 Å². The molecule has 0 radical (unpaired) electrons. The zero-order valence-electron chi connectivity index (χ0n) is 65.0. The molecule has 12 rings (SSSR count). The number of hydrogen-bond acceptors (Lipinski definition) is 37. The number of benzene rings is 1. The van der Waals surface area contributed by atoms with Crippen LogP contribution >= 0.6 is 56.7 Å². The van der Waals surface area contributed by atoms with Gasteiger partial charge >= 0.3 is 18.0 Å². The van der Waals surface area contributed by atoms with E-state index in [1.54, 1.807) is 45.0 Å². The van der Waals surface area contributed by atoms with Gasteiger partial charge in [0.1, 0.15) is 120 Å². The molecular formula is C74H85N15O25S5. The number of likely N-dealkylation sites (N-methyl/N-ethyl adjacent to an activating group) is 1. The number of hydrogen-bond donors (Lipinski definition) is 11. The van der Waals surface area contributed by atoms with Crippen LogP contribution < -0.4 is 42.5 Å². The standard InChI is InChI=1S/C74H85N15O25S5/c1-34(60(75)93)77-61(94)43-31-118-69(82-43)54-48(92)24-39-53(84-54)42-29-116-67(79-42)41-28-111-71(99)56-40-27-109-57(55(70-83-44(32-119-70)62(95)78-41)87-64(97)46-33-117-68(81-46)52(36(3)103-8)86-65(98)51(35(2)91)85-63(96)45-30-115-66(39)80-45)58(113-49-25-74(5,102)59(88(6)7)37(4)112-49)72(100)110-26-38-10-9-11-47(50(38)40)89(56)114-73(101)76-12-14-104-16-18-106-20-22-108-23-21-107-19-17-105-15-13-90/h9-11,24,29-33,35,37,41,49,51,55,57-59,90-92,102H,1,12-23,25-28H2,2-8H3,(H2,75,93)(H,76,101)(H,77,94)(H,78,95)(H,85,96)(H,86,98)(H,87,97)/b52-36+/t35-,37-,41+,49+,51+,55+,57+,58+,59-,74+/m1/s1. The minimum absolute atomic E-state index is 0.00204. The SMILES string of the molecule is C=C(NC(=O)c1csc(-c2nc3c(cc2O)-c2nc(cs2)C(=O)N[C@@H]([C@@H](C)O)C(=O)N/C(=C(\C)OC)c2nc(cs2)C(=O)N[C@@H]2c4nc(cs4)C(=O)N[C@@H](COC(=O)c4c5c6c(cccc6n4OC(=O)NCCOCCOCCOCCOCCOCCO)COC(=O)[C@@H](O[C@H]4C[C@](C)(O)[C@H](N(C)C)[C@@H](C)O4)[C@H]2OC5)c2nc-3cs2)n1)C(N)=O. The predicted molar refractivity (Wildman–Crippen MR) is 424 cm³/mol. The van der Waals surface area contributed by atoms with Crippen molar-refractivity contribution in [1.29, 1.82) is 0 Å². The van der Waals surface area contributed by atoms with Gasteiger partial charge in [0.05, 0.1) is 121 Å². The van der Waals surface area contributed by atoms with E-state index in [4.69, 9.17) is 82.7 Å². The second-order valence-electron chi connectivity index (χ2n) is 27.4. The van der Waals surface area contributed by atoms with E-state index in [-0.39, 0.29) is 163 Å². The van der Waals surface area contributed by atoms with E-state index in [1.807, 2.05) is 0 Å². The number of esters is 2. The van der Waals surface area contributed by atoms with Crippen molar-refractivity contribution in [2.45, 2.75) is 108 Å². The van der Waals surface area contributed by atoms with Gasteiger partial charge in [-0.05, 0) is 59.5 Å². The molecule has 8 aromatic rings. The summed E-state index contributed by atoms with van der Waals surface area (Å²) in [7, 11) is 4.80. The molecule has 11 heterocycles. The maximum atomic E-state index is 15.8. The third-order valence-corrected chi connectivity index (χ3v) is 23.2. The van der Waals surface area contributed by atoms with Crippen molar-refractivity contribution >= 4 is 127 Å². The molecule has 7 amide bonds. The summed E-state index contributed by atoms with van der Waals surface area (Å²) in [6.45, 7) is 9.51. The largest absolute Gasteiger partial charge is 0.506 e. The van der Waals surface area contributed by atoms with Gasteiger partial charge in [-0.25, -0.2) is 44.3 Å². The first-order chi connectivity index (χ1) is 57.1. The van der Waals surface area contributed by atoms with Crippen molar-refractivity contribution < 1.29 is 121 Å². The summed E-state index contributed by atoms with van der Waals surface area (Å²) in [6.07, 6.45) is -9.04. The number of methoxy groups -OCH3 is 1. The molecule has 4 aliphatic heterocycles. The molecule has 45 heteroatoms. The fourth-order valence-corrected chi connectivity index (χ4v) is 17.4. The van der Waals surface area contributed by atoms with Crippen LogP contribution in [0.5, 0.6) is 5.75 Å². The minimum atomic E-state index is -2.00. The highest BCUT2D eigenvalue weighted by atomic mass is 32.1. The molecule has 12 bridgehead atoms. The van der Waals surface area contributed by atoms with E-state index in [0.717, 1.165) is 61.4 Å². The molecule has 7 aromatic heterocycles. The van der Waals surface area contributed by atoms with Gasteiger partial charge in [0, 0.05) is 56.4 Å². The average Bonchev–Trinajstić information content (AvgIpc) is 1.61. The molecule has 119 heavy (non-hydrogen) atoms. The average molecular weight is 1740 g/mol. The molecular weight excluding hydrogens is 1660 g/mol. The fraction of sp³-hybridized carbons (Fsp3) is 0.446. The number of aliphatic hydroxyl groups excluding tert-OH is 2. The Morgan fingerprint density at radius 1 is 0.773 bits per heavy atom. The summed E-state index contributed by atoms with van der Waals surface area (Å²) in [6, 6.07) is 0.336. The van der Waals surface area contributed by atoms with E-state index >= 15 is 19.2 Å². The molecule has 636 valence electrons. The van der Waals surface area contributed by atoms with E-state index < -0.39 is 151 Å². The van der Waals surface area contributed by atoms with Crippen molar-refractivity contribution in [3.63, 3.8) is 0 Å². The lowest BCUT2D eigenvalue weighted by molar-refractivity contribution is -0.280. The number of aromatic nitrogens is 7. The van der Waals surface area contributed by atoms with Gasteiger partial charge in [0.2, 0.25) is 5.91 Å². The number of nitrogens with one attached hydrogen (secondary N) is 6. The lowest BCUT2D eigenvalue weighted by Crippen LogP contribution is -2.62. The Bertz CT molecular complexity index is 5110. The number of fused-ring (bicyclic) bond motifs is 15. The third kappa shape index (κ3) is 20.9. The number of thiazole rings is 5. The second kappa shape index (κ2) is 39.7. The minimum Gasteiger partial charge on any atom is -0.506 e. The van der Waals surface area contributed by atoms with Gasteiger partial charge in [-0.15, -0.1) is 56.7 Å². The van der Waals surface area contributed by atoms with Crippen molar-refractivity contribution in [3.8, 4) is 38.4 Å². The van der Waals surface area contributed by atoms with Crippen LogP contribution in [-0.2, 0) is 79.7 Å². The number of allylic oxidation sites excluding steroid dienone is 1. The van der Waals surface area contributed by atoms with E-state index in [9.17, 15) is 39.3 Å². The van der Waals surface area contributed by atoms with Gasteiger partial charge in [-0.3, -0.25) is 28.8 Å². The topological polar surface area (TPSA) is 529 Å². The normalized spacial score (nSPS) is 21.8. The van der Waals surface area contributed by atoms with Crippen molar-refractivity contribution in [3.05, 3.63) is 124 Å². The van der Waals surface area contributed by atoms with Gasteiger partial charge in [-0.2, -0.15) is 4.73 Å². The Morgan fingerprint density at radius 2 is 1.39 bits per heavy atom. The zero-order chi connectivity index (χ0) is 84.9. The molecule has 1 fully saturated rings. The van der Waals surface area contributed by atoms with Crippen molar-refractivity contribution in [2.75, 3.05) is 107 Å². The molecule has 1 saturated heterocycles. The summed E-state index contributed by atoms with van der Waals surface area (Å²) >= 11 is 4.34. The number of rotatable bonds is 27. The van der Waals surface area contributed by atoms with Crippen LogP contribution in [0.3, 0.4) is 0 Å². The lowest BCUT2D eigenvalue weighted by Gasteiger charge is -2.48. The van der Waals surface area contributed by atoms with Gasteiger partial charge < -0.3 is 120 Å². The molecule has 4 aliphatic rings. The van der Waals surface area contributed by atoms with E-state index in [0.29, 0.717) is 26.4 Å². The Balaban J connectivity index is 0.971. The zero-order valence-corrected chi connectivity index (χ0v) is 69.1. The van der Waals surface area contributed by atoms with Crippen LogP contribution in [0, 0.1) is 0 Å². The first-order valence-corrected chi connectivity index (χ1v) is 41.3. The van der Waals surface area contributed by atoms with Crippen molar-refractivity contribution in [2.24, 2.45) is 5.73 Å². The lowest BCUT2D eigenvalue weighted by atomic mass is 9.85. The molecule has 0 unspecified atom stereocenters. The molecule has 0 aliphatic carbocycles. The smallest absolute Gasteiger partial charge is 0.432 e. The van der Waals surface area contributed by atoms with Crippen LogP contribution in [0.1, 0.15) is 125 Å². The number of amides is 7. The van der Waals surface area contributed by atoms with Crippen molar-refractivity contribution in [1.82, 2.24) is 71.4 Å². The van der Waals surface area contributed by atoms with Crippen LogP contribution in [0.25, 0.3) is 49.3 Å².